The van der Waals surface area contributed by atoms with E-state index in [1.807, 2.05) is 22.2 Å². The van der Waals surface area contributed by atoms with E-state index in [0.717, 1.165) is 10.7 Å². The smallest absolute Gasteiger partial charge is 0.230 e. The third kappa shape index (κ3) is 3.32. The van der Waals surface area contributed by atoms with Crippen LogP contribution in [-0.4, -0.2) is 21.2 Å². The molecule has 2 amide bonds. The number of carbonyl (C=O) groups is 2. The number of thiazole rings is 1. The first-order valence-corrected chi connectivity index (χ1v) is 7.57. The molecule has 7 heteroatoms. The number of amides is 2. The van der Waals surface area contributed by atoms with Gasteiger partial charge in [-0.15, -0.1) is 11.3 Å². The Morgan fingerprint density at radius 1 is 1.18 bits per heavy atom. The molecular formula is C15H14N4O2S. The van der Waals surface area contributed by atoms with Gasteiger partial charge in [0.05, 0.1) is 12.1 Å². The third-order valence-electron chi connectivity index (χ3n) is 2.97. The summed E-state index contributed by atoms with van der Waals surface area (Å²) < 4.78 is 1.90. The third-order valence-corrected chi connectivity index (χ3v) is 3.74. The lowest BCUT2D eigenvalue weighted by atomic mass is 10.2. The molecule has 3 rings (SSSR count). The summed E-state index contributed by atoms with van der Waals surface area (Å²) in [6.07, 6.45) is 3.99. The molecule has 0 aliphatic rings. The van der Waals surface area contributed by atoms with E-state index in [2.05, 4.69) is 15.6 Å². The first kappa shape index (κ1) is 14.3. The van der Waals surface area contributed by atoms with Crippen molar-refractivity contribution in [2.24, 2.45) is 0 Å². The van der Waals surface area contributed by atoms with Gasteiger partial charge in [-0.1, -0.05) is 0 Å². The zero-order valence-electron chi connectivity index (χ0n) is 11.9. The summed E-state index contributed by atoms with van der Waals surface area (Å²) in [5.41, 5.74) is 2.11. The Labute approximate surface area is 130 Å². The van der Waals surface area contributed by atoms with Crippen LogP contribution in [0.3, 0.4) is 0 Å². The van der Waals surface area contributed by atoms with Gasteiger partial charge in [-0.25, -0.2) is 4.98 Å². The molecule has 0 fully saturated rings. The number of hydrogen-bond donors (Lipinski definition) is 2. The van der Waals surface area contributed by atoms with Crippen LogP contribution in [0, 0.1) is 0 Å². The number of benzene rings is 1. The highest BCUT2D eigenvalue weighted by Crippen LogP contribution is 2.15. The van der Waals surface area contributed by atoms with Crippen molar-refractivity contribution >= 4 is 39.5 Å². The molecule has 0 saturated heterocycles. The average molecular weight is 314 g/mol. The molecule has 0 atom stereocenters. The van der Waals surface area contributed by atoms with Gasteiger partial charge >= 0.3 is 0 Å². The second-order valence-electron chi connectivity index (χ2n) is 4.81. The van der Waals surface area contributed by atoms with E-state index < -0.39 is 0 Å². The second-order valence-corrected chi connectivity index (χ2v) is 5.68. The zero-order chi connectivity index (χ0) is 15.5. The maximum Gasteiger partial charge on any atom is 0.230 e. The Balaban J connectivity index is 1.61. The van der Waals surface area contributed by atoms with E-state index >= 15 is 0 Å². The molecule has 2 N–H and O–H groups in total. The van der Waals surface area contributed by atoms with Gasteiger partial charge < -0.3 is 10.6 Å². The van der Waals surface area contributed by atoms with E-state index in [-0.39, 0.29) is 18.2 Å². The lowest BCUT2D eigenvalue weighted by Crippen LogP contribution is -2.14. The Kier molecular flexibility index (Phi) is 3.88. The summed E-state index contributed by atoms with van der Waals surface area (Å²) in [5.74, 6) is -0.255. The number of imidazole rings is 1. The summed E-state index contributed by atoms with van der Waals surface area (Å²) in [5, 5.41) is 7.43. The summed E-state index contributed by atoms with van der Waals surface area (Å²) >= 11 is 1.53. The lowest BCUT2D eigenvalue weighted by Gasteiger charge is -2.06. The predicted molar refractivity (Wildman–Crippen MR) is 86.1 cm³/mol. The van der Waals surface area contributed by atoms with Crippen LogP contribution in [0.1, 0.15) is 12.6 Å². The number of hydrogen-bond acceptors (Lipinski definition) is 4. The summed E-state index contributed by atoms with van der Waals surface area (Å²) in [6.45, 7) is 1.45. The van der Waals surface area contributed by atoms with Crippen molar-refractivity contribution in [3.8, 4) is 0 Å². The molecule has 0 radical (unpaired) electrons. The number of fused-ring (bicyclic) bond motifs is 1. The van der Waals surface area contributed by atoms with E-state index in [4.69, 9.17) is 0 Å². The highest BCUT2D eigenvalue weighted by molar-refractivity contribution is 7.15. The predicted octanol–water partition coefficient (Wildman–Crippen LogP) is 2.54. The molecule has 0 spiro atoms. The molecule has 0 aliphatic carbocycles. The minimum Gasteiger partial charge on any atom is -0.326 e. The number of anilines is 2. The first-order valence-electron chi connectivity index (χ1n) is 6.69. The average Bonchev–Trinajstić information content (AvgIpc) is 3.01. The maximum atomic E-state index is 12.0. The van der Waals surface area contributed by atoms with Crippen LogP contribution in [0.4, 0.5) is 11.4 Å². The standard InChI is InChI=1S/C15H14N4O2S/c1-10(20)16-11-2-4-12(5-3-11)17-14(21)8-13-9-19-6-7-22-15(19)18-13/h2-7,9H,8H2,1H3,(H,16,20)(H,17,21). The van der Waals surface area contributed by atoms with Gasteiger partial charge in [-0.05, 0) is 24.3 Å². The van der Waals surface area contributed by atoms with Crippen molar-refractivity contribution in [1.29, 1.82) is 0 Å². The SMILES string of the molecule is CC(=O)Nc1ccc(NC(=O)Cc2cn3ccsc3n2)cc1. The minimum atomic E-state index is -0.128. The number of rotatable bonds is 4. The van der Waals surface area contributed by atoms with Crippen molar-refractivity contribution in [2.75, 3.05) is 10.6 Å². The fourth-order valence-electron chi connectivity index (χ4n) is 2.07. The first-order chi connectivity index (χ1) is 10.6. The molecule has 1 aromatic carbocycles. The number of aromatic nitrogens is 2. The molecule has 0 unspecified atom stereocenters. The van der Waals surface area contributed by atoms with Gasteiger partial charge in [0, 0.05) is 36.1 Å². The van der Waals surface area contributed by atoms with E-state index in [1.54, 1.807) is 24.3 Å². The molecule has 6 nitrogen and oxygen atoms in total. The summed E-state index contributed by atoms with van der Waals surface area (Å²) in [6, 6.07) is 6.97. The number of carbonyl (C=O) groups excluding carboxylic acids is 2. The summed E-state index contributed by atoms with van der Waals surface area (Å²) in [7, 11) is 0. The van der Waals surface area contributed by atoms with Crippen LogP contribution in [-0.2, 0) is 16.0 Å². The number of nitrogens with zero attached hydrogens (tertiary/aromatic N) is 2. The number of nitrogens with one attached hydrogen (secondary N) is 2. The van der Waals surface area contributed by atoms with Crippen LogP contribution in [0.5, 0.6) is 0 Å². The Morgan fingerprint density at radius 2 is 1.86 bits per heavy atom. The van der Waals surface area contributed by atoms with Gasteiger partial charge in [-0.3, -0.25) is 14.0 Å². The molecular weight excluding hydrogens is 300 g/mol. The molecule has 0 bridgehead atoms. The van der Waals surface area contributed by atoms with Gasteiger partial charge in [0.15, 0.2) is 4.96 Å². The van der Waals surface area contributed by atoms with Crippen LogP contribution >= 0.6 is 11.3 Å². The zero-order valence-corrected chi connectivity index (χ0v) is 12.7. The van der Waals surface area contributed by atoms with Gasteiger partial charge in [0.25, 0.3) is 0 Å². The van der Waals surface area contributed by atoms with Crippen molar-refractivity contribution in [3.05, 3.63) is 47.7 Å². The minimum absolute atomic E-state index is 0.127. The molecule has 112 valence electrons. The fraction of sp³-hybridized carbons (Fsp3) is 0.133. The van der Waals surface area contributed by atoms with Crippen molar-refractivity contribution in [3.63, 3.8) is 0 Å². The fourth-order valence-corrected chi connectivity index (χ4v) is 2.79. The molecule has 2 heterocycles. The van der Waals surface area contributed by atoms with E-state index in [1.165, 1.54) is 18.3 Å². The van der Waals surface area contributed by atoms with Crippen LogP contribution in [0.15, 0.2) is 42.0 Å². The van der Waals surface area contributed by atoms with Crippen LogP contribution in [0.25, 0.3) is 4.96 Å². The molecule has 2 aromatic heterocycles. The quantitative estimate of drug-likeness (QED) is 0.777. The van der Waals surface area contributed by atoms with Gasteiger partial charge in [0.1, 0.15) is 0 Å². The molecule has 3 aromatic rings. The highest BCUT2D eigenvalue weighted by atomic mass is 32.1. The van der Waals surface area contributed by atoms with Crippen LogP contribution < -0.4 is 10.6 Å². The lowest BCUT2D eigenvalue weighted by molar-refractivity contribution is -0.116. The van der Waals surface area contributed by atoms with Gasteiger partial charge in [-0.2, -0.15) is 0 Å². The van der Waals surface area contributed by atoms with Crippen molar-refractivity contribution < 1.29 is 9.59 Å². The monoisotopic (exact) mass is 314 g/mol. The van der Waals surface area contributed by atoms with Gasteiger partial charge in [0.2, 0.25) is 11.8 Å². The normalized spacial score (nSPS) is 10.6. The molecule has 0 aliphatic heterocycles. The second kappa shape index (κ2) is 5.98. The molecule has 22 heavy (non-hydrogen) atoms. The van der Waals surface area contributed by atoms with E-state index in [0.29, 0.717) is 11.4 Å². The van der Waals surface area contributed by atoms with Crippen molar-refractivity contribution in [2.45, 2.75) is 13.3 Å². The van der Waals surface area contributed by atoms with E-state index in [9.17, 15) is 9.59 Å². The Morgan fingerprint density at radius 3 is 2.50 bits per heavy atom. The Bertz CT molecular complexity index is 791. The summed E-state index contributed by atoms with van der Waals surface area (Å²) in [4.78, 5) is 28.2. The molecule has 0 saturated carbocycles. The van der Waals surface area contributed by atoms with Crippen molar-refractivity contribution in [1.82, 2.24) is 9.38 Å². The largest absolute Gasteiger partial charge is 0.326 e. The maximum absolute atomic E-state index is 12.0. The van der Waals surface area contributed by atoms with Crippen LogP contribution in [0.2, 0.25) is 0 Å². The Hall–Kier alpha value is -2.67. The highest BCUT2D eigenvalue weighted by Gasteiger charge is 2.08. The topological polar surface area (TPSA) is 75.5 Å².